The molecule has 1 aliphatic heterocycles. The van der Waals surface area contributed by atoms with Crippen LogP contribution < -0.4 is 5.32 Å². The Morgan fingerprint density at radius 2 is 1.55 bits per heavy atom. The minimum absolute atomic E-state index is 0.432. The van der Waals surface area contributed by atoms with E-state index < -0.39 is 0 Å². The highest BCUT2D eigenvalue weighted by Crippen LogP contribution is 2.18. The lowest BCUT2D eigenvalue weighted by Crippen LogP contribution is -2.48. The van der Waals surface area contributed by atoms with Crippen LogP contribution in [0.15, 0.2) is 18.2 Å². The van der Waals surface area contributed by atoms with Crippen LogP contribution >= 0.6 is 0 Å². The minimum atomic E-state index is 0.432. The average Bonchev–Trinajstić information content (AvgIpc) is 2.44. The zero-order valence-corrected chi connectivity index (χ0v) is 13.4. The normalized spacial score (nSPS) is 19.2. The summed E-state index contributed by atoms with van der Waals surface area (Å²) >= 11 is 0. The van der Waals surface area contributed by atoms with Crippen molar-refractivity contribution in [2.24, 2.45) is 0 Å². The molecule has 0 saturated carbocycles. The Morgan fingerprint density at radius 1 is 1.00 bits per heavy atom. The molecule has 1 aromatic carbocycles. The largest absolute Gasteiger partial charge is 0.312 e. The number of nitrogens with zero attached hydrogens (tertiary/aromatic N) is 2. The quantitative estimate of drug-likeness (QED) is 0.889. The van der Waals surface area contributed by atoms with Gasteiger partial charge in [0.2, 0.25) is 0 Å². The topological polar surface area (TPSA) is 18.5 Å². The molecule has 20 heavy (non-hydrogen) atoms. The summed E-state index contributed by atoms with van der Waals surface area (Å²) < 4.78 is 0. The lowest BCUT2D eigenvalue weighted by molar-refractivity contribution is 0.128. The van der Waals surface area contributed by atoms with E-state index in [4.69, 9.17) is 0 Å². The summed E-state index contributed by atoms with van der Waals surface area (Å²) in [5, 5.41) is 3.49. The molecule has 0 bridgehead atoms. The number of aryl methyl sites for hydroxylation is 2. The third-order valence-electron chi connectivity index (χ3n) is 4.35. The molecule has 1 unspecified atom stereocenters. The first-order valence-electron chi connectivity index (χ1n) is 7.82. The molecule has 0 spiro atoms. The van der Waals surface area contributed by atoms with Gasteiger partial charge < -0.3 is 10.2 Å². The monoisotopic (exact) mass is 275 g/mol. The number of piperazine rings is 1. The summed E-state index contributed by atoms with van der Waals surface area (Å²) in [4.78, 5) is 5.12. The van der Waals surface area contributed by atoms with E-state index in [1.54, 1.807) is 0 Å². The van der Waals surface area contributed by atoms with Gasteiger partial charge in [-0.15, -0.1) is 0 Å². The third kappa shape index (κ3) is 4.05. The zero-order chi connectivity index (χ0) is 14.5. The van der Waals surface area contributed by atoms with Gasteiger partial charge in [-0.1, -0.05) is 36.2 Å². The molecule has 1 aliphatic rings. The number of likely N-dealkylation sites (N-methyl/N-ethyl adjacent to an activating group) is 2. The van der Waals surface area contributed by atoms with E-state index in [1.807, 2.05) is 0 Å². The first-order chi connectivity index (χ1) is 9.62. The van der Waals surface area contributed by atoms with Crippen molar-refractivity contribution in [3.63, 3.8) is 0 Å². The van der Waals surface area contributed by atoms with Crippen molar-refractivity contribution in [1.29, 1.82) is 0 Å². The van der Waals surface area contributed by atoms with Crippen LogP contribution in [0.4, 0.5) is 0 Å². The maximum Gasteiger partial charge on any atom is 0.0447 e. The lowest BCUT2D eigenvalue weighted by atomic mass is 10.0. The molecule has 112 valence electrons. The molecule has 1 atom stereocenters. The number of hydrogen-bond acceptors (Lipinski definition) is 3. The molecule has 1 N–H and O–H groups in total. The smallest absolute Gasteiger partial charge is 0.0447 e. The predicted molar refractivity (Wildman–Crippen MR) is 86.3 cm³/mol. The highest BCUT2D eigenvalue weighted by atomic mass is 15.3. The number of nitrogens with one attached hydrogen (secondary N) is 1. The average molecular weight is 275 g/mol. The highest BCUT2D eigenvalue weighted by Gasteiger charge is 2.19. The molecule has 1 fully saturated rings. The van der Waals surface area contributed by atoms with E-state index in [1.165, 1.54) is 49.4 Å². The summed E-state index contributed by atoms with van der Waals surface area (Å²) in [5.74, 6) is 0. The minimum Gasteiger partial charge on any atom is -0.312 e. The molecule has 1 saturated heterocycles. The van der Waals surface area contributed by atoms with Gasteiger partial charge >= 0.3 is 0 Å². The molecule has 3 nitrogen and oxygen atoms in total. The van der Waals surface area contributed by atoms with Gasteiger partial charge in [0.15, 0.2) is 0 Å². The summed E-state index contributed by atoms with van der Waals surface area (Å²) in [6.07, 6.45) is 0. The zero-order valence-electron chi connectivity index (χ0n) is 13.4. The Hall–Kier alpha value is -0.900. The maximum absolute atomic E-state index is 3.49. The van der Waals surface area contributed by atoms with E-state index in [-0.39, 0.29) is 0 Å². The van der Waals surface area contributed by atoms with Crippen LogP contribution in [-0.4, -0.2) is 56.1 Å². The standard InChI is InChI=1S/C17H29N3/c1-5-19-6-8-20(9-7-19)13-17(18-4)16-11-14(2)10-15(3)12-16/h10-12,17-18H,5-9,13H2,1-4H3. The van der Waals surface area contributed by atoms with Crippen LogP contribution in [0.2, 0.25) is 0 Å². The SMILES string of the molecule is CCN1CCN(CC(NC)c2cc(C)cc(C)c2)CC1. The highest BCUT2D eigenvalue weighted by molar-refractivity contribution is 5.30. The Balaban J connectivity index is 1.98. The molecule has 2 rings (SSSR count). The van der Waals surface area contributed by atoms with Gasteiger partial charge in [-0.25, -0.2) is 0 Å². The van der Waals surface area contributed by atoms with E-state index in [2.05, 4.69) is 61.1 Å². The van der Waals surface area contributed by atoms with Crippen LogP contribution in [-0.2, 0) is 0 Å². The summed E-state index contributed by atoms with van der Waals surface area (Å²) in [6.45, 7) is 13.7. The fourth-order valence-electron chi connectivity index (χ4n) is 3.12. The van der Waals surface area contributed by atoms with Crippen molar-refractivity contribution < 1.29 is 0 Å². The van der Waals surface area contributed by atoms with Crippen molar-refractivity contribution in [1.82, 2.24) is 15.1 Å². The molecule has 0 aliphatic carbocycles. The van der Waals surface area contributed by atoms with Gasteiger partial charge in [0.25, 0.3) is 0 Å². The summed E-state index contributed by atoms with van der Waals surface area (Å²) in [5.41, 5.74) is 4.13. The second-order valence-corrected chi connectivity index (χ2v) is 6.00. The van der Waals surface area contributed by atoms with Crippen LogP contribution in [0, 0.1) is 13.8 Å². The van der Waals surface area contributed by atoms with E-state index in [0.29, 0.717) is 6.04 Å². The van der Waals surface area contributed by atoms with Gasteiger partial charge in [-0.2, -0.15) is 0 Å². The number of benzene rings is 1. The second kappa shape index (κ2) is 7.21. The molecule has 0 aromatic heterocycles. The van der Waals surface area contributed by atoms with Crippen LogP contribution in [0.3, 0.4) is 0 Å². The van der Waals surface area contributed by atoms with Crippen molar-refractivity contribution in [3.8, 4) is 0 Å². The van der Waals surface area contributed by atoms with E-state index in [0.717, 1.165) is 6.54 Å². The second-order valence-electron chi connectivity index (χ2n) is 6.00. The number of rotatable bonds is 5. The first kappa shape index (κ1) is 15.5. The number of hydrogen-bond donors (Lipinski definition) is 1. The van der Waals surface area contributed by atoms with E-state index >= 15 is 0 Å². The Labute approximate surface area is 124 Å². The molecule has 1 heterocycles. The van der Waals surface area contributed by atoms with Crippen LogP contribution in [0.25, 0.3) is 0 Å². The molecule has 1 aromatic rings. The Bertz CT molecular complexity index is 402. The van der Waals surface area contributed by atoms with Crippen molar-refractivity contribution in [3.05, 3.63) is 34.9 Å². The molecule has 0 amide bonds. The fourth-order valence-corrected chi connectivity index (χ4v) is 3.12. The van der Waals surface area contributed by atoms with Crippen LogP contribution in [0.1, 0.15) is 29.7 Å². The first-order valence-corrected chi connectivity index (χ1v) is 7.82. The van der Waals surface area contributed by atoms with Gasteiger partial charge in [-0.3, -0.25) is 4.90 Å². The van der Waals surface area contributed by atoms with Gasteiger partial charge in [0.1, 0.15) is 0 Å². The van der Waals surface area contributed by atoms with Gasteiger partial charge in [0, 0.05) is 38.8 Å². The van der Waals surface area contributed by atoms with Gasteiger partial charge in [-0.05, 0) is 33.0 Å². The molecule has 3 heteroatoms. The van der Waals surface area contributed by atoms with Crippen molar-refractivity contribution >= 4 is 0 Å². The summed E-state index contributed by atoms with van der Waals surface area (Å²) in [6, 6.07) is 7.31. The van der Waals surface area contributed by atoms with Gasteiger partial charge in [0.05, 0.1) is 0 Å². The van der Waals surface area contributed by atoms with Crippen LogP contribution in [0.5, 0.6) is 0 Å². The molecular formula is C17H29N3. The molecular weight excluding hydrogens is 246 g/mol. The third-order valence-corrected chi connectivity index (χ3v) is 4.35. The van der Waals surface area contributed by atoms with Crippen molar-refractivity contribution in [2.45, 2.75) is 26.8 Å². The fraction of sp³-hybridized carbons (Fsp3) is 0.647. The lowest BCUT2D eigenvalue weighted by Gasteiger charge is -2.36. The summed E-state index contributed by atoms with van der Waals surface area (Å²) in [7, 11) is 2.07. The Morgan fingerprint density at radius 3 is 2.05 bits per heavy atom. The Kier molecular flexibility index (Phi) is 5.58. The predicted octanol–water partition coefficient (Wildman–Crippen LogP) is 2.20. The molecule has 0 radical (unpaired) electrons. The maximum atomic E-state index is 3.49. The van der Waals surface area contributed by atoms with E-state index in [9.17, 15) is 0 Å². The van der Waals surface area contributed by atoms with Crippen molar-refractivity contribution in [2.75, 3.05) is 46.3 Å².